The minimum Gasteiger partial charge on any atom is -0.351 e. The van der Waals surface area contributed by atoms with Crippen molar-refractivity contribution < 1.29 is 8.42 Å². The molecule has 9 heteroatoms. The number of nitrogens with zero attached hydrogens (tertiary/aromatic N) is 3. The van der Waals surface area contributed by atoms with Crippen molar-refractivity contribution >= 4 is 38.7 Å². The van der Waals surface area contributed by atoms with Crippen molar-refractivity contribution in [3.8, 4) is 5.69 Å². The summed E-state index contributed by atoms with van der Waals surface area (Å²) in [5, 5.41) is 4.10. The van der Waals surface area contributed by atoms with Gasteiger partial charge < -0.3 is 14.8 Å². The molecule has 37 heavy (non-hydrogen) atoms. The van der Waals surface area contributed by atoms with Crippen LogP contribution < -0.4 is 14.9 Å². The summed E-state index contributed by atoms with van der Waals surface area (Å²) in [5.74, 6) is 0. The van der Waals surface area contributed by atoms with Crippen LogP contribution in [-0.4, -0.2) is 29.3 Å². The van der Waals surface area contributed by atoms with Gasteiger partial charge in [-0.05, 0) is 92.6 Å². The summed E-state index contributed by atoms with van der Waals surface area (Å²) in [6, 6.07) is 23.7. The lowest BCUT2D eigenvalue weighted by Crippen LogP contribution is -2.29. The molecule has 7 nitrogen and oxygen atoms in total. The van der Waals surface area contributed by atoms with Gasteiger partial charge in [0.1, 0.15) is 0 Å². The molecule has 190 valence electrons. The SMILES string of the molecule is Cc1cc(N2C(=S)N[C@@H](c3ccccn3)[C@H]2c2cc(C)n(-c3ccccc3)c2C)ccc1NS(C)(=O)=O. The maximum Gasteiger partial charge on any atom is 0.229 e. The van der Waals surface area contributed by atoms with Crippen molar-refractivity contribution in [2.75, 3.05) is 15.9 Å². The normalized spacial score (nSPS) is 17.6. The van der Waals surface area contributed by atoms with Gasteiger partial charge in [0.2, 0.25) is 10.0 Å². The second kappa shape index (κ2) is 9.64. The molecular weight excluding hydrogens is 502 g/mol. The molecule has 4 aromatic rings. The molecule has 1 saturated heterocycles. The molecule has 0 unspecified atom stereocenters. The second-order valence-electron chi connectivity index (χ2n) is 9.37. The van der Waals surface area contributed by atoms with Crippen molar-refractivity contribution in [1.82, 2.24) is 14.9 Å². The number of sulfonamides is 1. The largest absolute Gasteiger partial charge is 0.351 e. The smallest absolute Gasteiger partial charge is 0.229 e. The Morgan fingerprint density at radius 2 is 1.68 bits per heavy atom. The molecule has 2 aromatic carbocycles. The Hall–Kier alpha value is -3.69. The molecule has 5 rings (SSSR count). The van der Waals surface area contributed by atoms with Crippen molar-refractivity contribution in [1.29, 1.82) is 0 Å². The van der Waals surface area contributed by atoms with E-state index in [9.17, 15) is 8.42 Å². The molecule has 0 aliphatic carbocycles. The number of aromatic nitrogens is 2. The Morgan fingerprint density at radius 3 is 2.32 bits per heavy atom. The number of para-hydroxylation sites is 1. The summed E-state index contributed by atoms with van der Waals surface area (Å²) in [5.41, 5.74) is 7.62. The highest BCUT2D eigenvalue weighted by molar-refractivity contribution is 7.92. The van der Waals surface area contributed by atoms with Gasteiger partial charge >= 0.3 is 0 Å². The lowest BCUT2D eigenvalue weighted by Gasteiger charge is -2.29. The van der Waals surface area contributed by atoms with Crippen LogP contribution in [0.5, 0.6) is 0 Å². The molecule has 1 aliphatic heterocycles. The van der Waals surface area contributed by atoms with Crippen LogP contribution in [0.3, 0.4) is 0 Å². The summed E-state index contributed by atoms with van der Waals surface area (Å²) in [4.78, 5) is 6.77. The highest BCUT2D eigenvalue weighted by atomic mass is 32.2. The summed E-state index contributed by atoms with van der Waals surface area (Å²) in [6.07, 6.45) is 2.94. The zero-order valence-corrected chi connectivity index (χ0v) is 22.8. The van der Waals surface area contributed by atoms with E-state index in [-0.39, 0.29) is 12.1 Å². The van der Waals surface area contributed by atoms with Crippen molar-refractivity contribution in [3.05, 3.63) is 107 Å². The zero-order valence-electron chi connectivity index (χ0n) is 21.1. The summed E-state index contributed by atoms with van der Waals surface area (Å²) in [6.45, 7) is 6.13. The number of thiocarbonyl (C=S) groups is 1. The molecule has 1 aliphatic rings. The van der Waals surface area contributed by atoms with Gasteiger partial charge in [-0.1, -0.05) is 24.3 Å². The predicted octanol–water partition coefficient (Wildman–Crippen LogP) is 5.35. The first-order valence-corrected chi connectivity index (χ1v) is 14.3. The first kappa shape index (κ1) is 25.0. The van der Waals surface area contributed by atoms with Crippen LogP contribution in [-0.2, 0) is 10.0 Å². The summed E-state index contributed by atoms with van der Waals surface area (Å²) < 4.78 is 28.5. The molecule has 0 amide bonds. The average molecular weight is 532 g/mol. The summed E-state index contributed by atoms with van der Waals surface area (Å²) >= 11 is 5.89. The van der Waals surface area contributed by atoms with E-state index in [1.807, 2.05) is 55.5 Å². The Bertz CT molecular complexity index is 1570. The molecule has 3 heterocycles. The zero-order chi connectivity index (χ0) is 26.3. The number of aryl methyl sites for hydroxylation is 2. The van der Waals surface area contributed by atoms with Crippen LogP contribution in [0, 0.1) is 20.8 Å². The van der Waals surface area contributed by atoms with Gasteiger partial charge in [-0.3, -0.25) is 9.71 Å². The third-order valence-corrected chi connectivity index (χ3v) is 7.59. The third-order valence-electron chi connectivity index (χ3n) is 6.68. The fourth-order valence-corrected chi connectivity index (χ4v) is 6.10. The number of pyridine rings is 1. The van der Waals surface area contributed by atoms with Gasteiger partial charge in [-0.2, -0.15) is 0 Å². The lowest BCUT2D eigenvalue weighted by atomic mass is 9.96. The predicted molar refractivity (Wildman–Crippen MR) is 153 cm³/mol. The summed E-state index contributed by atoms with van der Waals surface area (Å²) in [7, 11) is -3.39. The van der Waals surface area contributed by atoms with E-state index in [1.165, 1.54) is 0 Å². The highest BCUT2D eigenvalue weighted by Gasteiger charge is 2.42. The molecular formula is C28H29N5O2S2. The van der Waals surface area contributed by atoms with E-state index < -0.39 is 10.0 Å². The quantitative estimate of drug-likeness (QED) is 0.327. The van der Waals surface area contributed by atoms with Crippen LogP contribution in [0.2, 0.25) is 0 Å². The topological polar surface area (TPSA) is 79.3 Å². The van der Waals surface area contributed by atoms with E-state index in [1.54, 1.807) is 12.3 Å². The minimum absolute atomic E-state index is 0.167. The number of anilines is 2. The van der Waals surface area contributed by atoms with E-state index >= 15 is 0 Å². The molecule has 2 atom stereocenters. The van der Waals surface area contributed by atoms with E-state index in [0.717, 1.165) is 45.8 Å². The second-order valence-corrected chi connectivity index (χ2v) is 11.5. The van der Waals surface area contributed by atoms with Crippen LogP contribution in [0.1, 0.15) is 40.3 Å². The lowest BCUT2D eigenvalue weighted by molar-refractivity contribution is 0.565. The van der Waals surface area contributed by atoms with E-state index in [0.29, 0.717) is 10.8 Å². The monoisotopic (exact) mass is 531 g/mol. The number of rotatable bonds is 6. The fourth-order valence-electron chi connectivity index (χ4n) is 5.12. The molecule has 0 bridgehead atoms. The molecule has 0 spiro atoms. The van der Waals surface area contributed by atoms with Gasteiger partial charge in [0.05, 0.1) is 29.7 Å². The van der Waals surface area contributed by atoms with Gasteiger partial charge in [0.15, 0.2) is 5.11 Å². The minimum atomic E-state index is -3.39. The Kier molecular flexibility index (Phi) is 6.51. The Morgan fingerprint density at radius 1 is 0.946 bits per heavy atom. The van der Waals surface area contributed by atoms with Crippen LogP contribution in [0.15, 0.2) is 79.0 Å². The molecule has 2 N–H and O–H groups in total. The average Bonchev–Trinajstić information content (AvgIpc) is 3.35. The van der Waals surface area contributed by atoms with Gasteiger partial charge in [-0.15, -0.1) is 0 Å². The van der Waals surface area contributed by atoms with Gasteiger partial charge in [0, 0.05) is 29.0 Å². The number of benzene rings is 2. The third kappa shape index (κ3) is 4.84. The van der Waals surface area contributed by atoms with Crippen molar-refractivity contribution in [2.24, 2.45) is 0 Å². The van der Waals surface area contributed by atoms with Gasteiger partial charge in [0.25, 0.3) is 0 Å². The first-order valence-electron chi connectivity index (χ1n) is 12.0. The van der Waals surface area contributed by atoms with E-state index in [4.69, 9.17) is 12.2 Å². The number of nitrogens with one attached hydrogen (secondary N) is 2. The maximum atomic E-state index is 11.8. The van der Waals surface area contributed by atoms with Crippen LogP contribution in [0.25, 0.3) is 5.69 Å². The van der Waals surface area contributed by atoms with Crippen molar-refractivity contribution in [3.63, 3.8) is 0 Å². The number of hydrogen-bond acceptors (Lipinski definition) is 4. The molecule has 1 fully saturated rings. The standard InChI is InChI=1S/C28H29N5O2S2/c1-18-16-22(13-14-24(18)31-37(4,34)35)33-27(26(30-28(33)36)25-12-8-9-15-29-25)23-17-19(2)32(20(23)3)21-10-6-5-7-11-21/h5-17,26-27,31H,1-4H3,(H,30,36)/t26-,27+/m0/s1. The van der Waals surface area contributed by atoms with Crippen LogP contribution in [0.4, 0.5) is 11.4 Å². The Balaban J connectivity index is 1.65. The van der Waals surface area contributed by atoms with Crippen molar-refractivity contribution in [2.45, 2.75) is 32.9 Å². The van der Waals surface area contributed by atoms with E-state index in [2.05, 4.69) is 56.5 Å². The van der Waals surface area contributed by atoms with Gasteiger partial charge in [-0.25, -0.2) is 8.42 Å². The number of hydrogen-bond donors (Lipinski definition) is 2. The molecule has 0 saturated carbocycles. The maximum absolute atomic E-state index is 11.8. The molecule has 0 radical (unpaired) electrons. The molecule has 2 aromatic heterocycles. The highest BCUT2D eigenvalue weighted by Crippen LogP contribution is 2.44. The Labute approximate surface area is 223 Å². The first-order chi connectivity index (χ1) is 17.6. The van der Waals surface area contributed by atoms with Crippen LogP contribution >= 0.6 is 12.2 Å². The fraction of sp³-hybridized carbons (Fsp3) is 0.214.